The van der Waals surface area contributed by atoms with E-state index in [0.717, 1.165) is 24.2 Å². The van der Waals surface area contributed by atoms with Crippen LogP contribution in [0.4, 0.5) is 0 Å². The Morgan fingerprint density at radius 3 is 2.88 bits per heavy atom. The second-order valence-electron chi connectivity index (χ2n) is 6.55. The molecule has 1 saturated carbocycles. The molecule has 0 spiro atoms. The quantitative estimate of drug-likeness (QED) is 0.807. The third-order valence-corrected chi connectivity index (χ3v) is 4.56. The van der Waals surface area contributed by atoms with Gasteiger partial charge in [-0.05, 0) is 43.9 Å². The largest absolute Gasteiger partial charge is 0.393 e. The molecule has 6 heteroatoms. The molecular formula is C18H24N4O2. The maximum absolute atomic E-state index is 12.3. The third kappa shape index (κ3) is 4.41. The number of pyridine rings is 1. The SMILES string of the molecule is Cc1ccn(CCC(=O)N[C@H](Cc2ccccn2)C2CC(O)C2)n1. The number of nitrogens with zero attached hydrogens (tertiary/aromatic N) is 3. The Hall–Kier alpha value is -2.21. The van der Waals surface area contributed by atoms with E-state index in [0.29, 0.717) is 25.3 Å². The molecule has 1 aliphatic rings. The lowest BCUT2D eigenvalue weighted by Crippen LogP contribution is -2.48. The molecule has 0 radical (unpaired) electrons. The number of amides is 1. The number of nitrogens with one attached hydrogen (secondary N) is 1. The molecule has 3 rings (SSSR count). The Morgan fingerprint density at radius 1 is 1.42 bits per heavy atom. The molecule has 2 aromatic rings. The zero-order valence-corrected chi connectivity index (χ0v) is 13.9. The van der Waals surface area contributed by atoms with Crippen molar-refractivity contribution in [3.8, 4) is 0 Å². The number of carbonyl (C=O) groups excluding carboxylic acids is 1. The molecule has 2 aromatic heterocycles. The zero-order valence-electron chi connectivity index (χ0n) is 13.9. The Balaban J connectivity index is 1.55. The summed E-state index contributed by atoms with van der Waals surface area (Å²) < 4.78 is 1.79. The maximum Gasteiger partial charge on any atom is 0.222 e. The monoisotopic (exact) mass is 328 g/mol. The van der Waals surface area contributed by atoms with Gasteiger partial charge in [-0.3, -0.25) is 14.5 Å². The number of aliphatic hydroxyl groups excluding tert-OH is 1. The van der Waals surface area contributed by atoms with E-state index in [4.69, 9.17) is 0 Å². The minimum atomic E-state index is -0.231. The lowest BCUT2D eigenvalue weighted by atomic mass is 9.76. The van der Waals surface area contributed by atoms with E-state index in [2.05, 4.69) is 15.4 Å². The second kappa shape index (κ2) is 7.57. The number of carbonyl (C=O) groups is 1. The summed E-state index contributed by atoms with van der Waals surface area (Å²) in [4.78, 5) is 16.7. The van der Waals surface area contributed by atoms with Crippen molar-refractivity contribution in [1.82, 2.24) is 20.1 Å². The van der Waals surface area contributed by atoms with E-state index in [1.54, 1.807) is 10.9 Å². The Bertz CT molecular complexity index is 665. The Labute approximate surface area is 141 Å². The first-order valence-corrected chi connectivity index (χ1v) is 8.47. The molecule has 1 aliphatic carbocycles. The Morgan fingerprint density at radius 2 is 2.25 bits per heavy atom. The van der Waals surface area contributed by atoms with Crippen LogP contribution in [0.5, 0.6) is 0 Å². The van der Waals surface area contributed by atoms with Crippen LogP contribution >= 0.6 is 0 Å². The molecule has 1 fully saturated rings. The average Bonchev–Trinajstić information content (AvgIpc) is 2.96. The van der Waals surface area contributed by atoms with Gasteiger partial charge in [-0.15, -0.1) is 0 Å². The highest BCUT2D eigenvalue weighted by molar-refractivity contribution is 5.76. The van der Waals surface area contributed by atoms with Gasteiger partial charge >= 0.3 is 0 Å². The van der Waals surface area contributed by atoms with Crippen LogP contribution in [0.3, 0.4) is 0 Å². The van der Waals surface area contributed by atoms with Gasteiger partial charge in [-0.1, -0.05) is 6.07 Å². The van der Waals surface area contributed by atoms with Crippen molar-refractivity contribution in [1.29, 1.82) is 0 Å². The average molecular weight is 328 g/mol. The van der Waals surface area contributed by atoms with Gasteiger partial charge in [0, 0.05) is 43.5 Å². The van der Waals surface area contributed by atoms with Crippen LogP contribution in [0.2, 0.25) is 0 Å². The van der Waals surface area contributed by atoms with Crippen LogP contribution in [0.15, 0.2) is 36.7 Å². The summed E-state index contributed by atoms with van der Waals surface area (Å²) in [6.07, 6.45) is 6.01. The van der Waals surface area contributed by atoms with E-state index >= 15 is 0 Å². The molecule has 0 saturated heterocycles. The summed E-state index contributed by atoms with van der Waals surface area (Å²) in [6, 6.07) is 7.76. The molecule has 24 heavy (non-hydrogen) atoms. The molecule has 128 valence electrons. The van der Waals surface area contributed by atoms with E-state index < -0.39 is 0 Å². The van der Waals surface area contributed by atoms with E-state index in [-0.39, 0.29) is 18.1 Å². The number of aryl methyl sites for hydroxylation is 2. The van der Waals surface area contributed by atoms with Gasteiger partial charge in [0.1, 0.15) is 0 Å². The summed E-state index contributed by atoms with van der Waals surface area (Å²) in [5, 5.41) is 17.0. The van der Waals surface area contributed by atoms with Crippen LogP contribution in [0.1, 0.15) is 30.7 Å². The fraction of sp³-hybridized carbons (Fsp3) is 0.500. The van der Waals surface area contributed by atoms with Crippen molar-refractivity contribution in [3.63, 3.8) is 0 Å². The molecule has 0 aromatic carbocycles. The number of hydrogen-bond acceptors (Lipinski definition) is 4. The fourth-order valence-electron chi connectivity index (χ4n) is 3.12. The standard InChI is InChI=1S/C18H24N4O2/c1-13-5-8-22(21-13)9-6-18(24)20-17(14-10-16(23)11-14)12-15-4-2-3-7-19-15/h2-5,7-8,14,16-17,23H,6,9-12H2,1H3,(H,20,24)/t14?,16?,17-/m1/s1. The normalized spacial score (nSPS) is 21.1. The van der Waals surface area contributed by atoms with Crippen molar-refractivity contribution in [2.75, 3.05) is 0 Å². The predicted octanol–water partition coefficient (Wildman–Crippen LogP) is 1.48. The molecule has 0 aliphatic heterocycles. The van der Waals surface area contributed by atoms with Gasteiger partial charge in [0.15, 0.2) is 0 Å². The minimum Gasteiger partial charge on any atom is -0.393 e. The summed E-state index contributed by atoms with van der Waals surface area (Å²) in [7, 11) is 0. The number of rotatable bonds is 7. The smallest absolute Gasteiger partial charge is 0.222 e. The first-order valence-electron chi connectivity index (χ1n) is 8.47. The van der Waals surface area contributed by atoms with Crippen molar-refractivity contribution in [3.05, 3.63) is 48.0 Å². The van der Waals surface area contributed by atoms with Crippen molar-refractivity contribution < 1.29 is 9.90 Å². The van der Waals surface area contributed by atoms with Crippen LogP contribution < -0.4 is 5.32 Å². The molecular weight excluding hydrogens is 304 g/mol. The summed E-state index contributed by atoms with van der Waals surface area (Å²) in [5.41, 5.74) is 1.92. The van der Waals surface area contributed by atoms with Crippen LogP contribution in [-0.2, 0) is 17.8 Å². The highest BCUT2D eigenvalue weighted by Crippen LogP contribution is 2.31. The predicted molar refractivity (Wildman–Crippen MR) is 90.2 cm³/mol. The highest BCUT2D eigenvalue weighted by Gasteiger charge is 2.34. The Kier molecular flexibility index (Phi) is 5.25. The molecule has 2 heterocycles. The van der Waals surface area contributed by atoms with Gasteiger partial charge in [0.05, 0.1) is 11.8 Å². The van der Waals surface area contributed by atoms with Crippen molar-refractivity contribution >= 4 is 5.91 Å². The number of aromatic nitrogens is 3. The molecule has 0 bridgehead atoms. The van der Waals surface area contributed by atoms with E-state index in [1.807, 2.05) is 37.4 Å². The van der Waals surface area contributed by atoms with Gasteiger partial charge in [-0.2, -0.15) is 5.10 Å². The first kappa shape index (κ1) is 16.6. The maximum atomic E-state index is 12.3. The number of aliphatic hydroxyl groups is 1. The molecule has 6 nitrogen and oxygen atoms in total. The zero-order chi connectivity index (χ0) is 16.9. The molecule has 1 atom stereocenters. The van der Waals surface area contributed by atoms with E-state index in [1.165, 1.54) is 0 Å². The topological polar surface area (TPSA) is 80.0 Å². The third-order valence-electron chi connectivity index (χ3n) is 4.56. The lowest BCUT2D eigenvalue weighted by Gasteiger charge is -2.38. The van der Waals surface area contributed by atoms with E-state index in [9.17, 15) is 9.90 Å². The fourth-order valence-corrected chi connectivity index (χ4v) is 3.12. The molecule has 2 N–H and O–H groups in total. The second-order valence-corrected chi connectivity index (χ2v) is 6.55. The summed E-state index contributed by atoms with van der Waals surface area (Å²) in [5.74, 6) is 0.336. The van der Waals surface area contributed by atoms with Crippen LogP contribution in [0, 0.1) is 12.8 Å². The summed E-state index contributed by atoms with van der Waals surface area (Å²) >= 11 is 0. The van der Waals surface area contributed by atoms with Crippen molar-refractivity contribution in [2.45, 2.75) is 51.3 Å². The molecule has 0 unspecified atom stereocenters. The van der Waals surface area contributed by atoms with Gasteiger partial charge in [-0.25, -0.2) is 0 Å². The van der Waals surface area contributed by atoms with Gasteiger partial charge < -0.3 is 10.4 Å². The lowest BCUT2D eigenvalue weighted by molar-refractivity contribution is -0.123. The highest BCUT2D eigenvalue weighted by atomic mass is 16.3. The number of hydrogen-bond donors (Lipinski definition) is 2. The minimum absolute atomic E-state index is 0.0190. The summed E-state index contributed by atoms with van der Waals surface area (Å²) in [6.45, 7) is 2.50. The van der Waals surface area contributed by atoms with Gasteiger partial charge in [0.2, 0.25) is 5.91 Å². The molecule has 1 amide bonds. The van der Waals surface area contributed by atoms with Crippen LogP contribution in [-0.4, -0.2) is 37.9 Å². The van der Waals surface area contributed by atoms with Gasteiger partial charge in [0.25, 0.3) is 0 Å². The van der Waals surface area contributed by atoms with Crippen LogP contribution in [0.25, 0.3) is 0 Å². The first-order chi connectivity index (χ1) is 11.6. The van der Waals surface area contributed by atoms with Crippen molar-refractivity contribution in [2.24, 2.45) is 5.92 Å².